The van der Waals surface area contributed by atoms with Crippen LogP contribution in [0.5, 0.6) is 0 Å². The van der Waals surface area contributed by atoms with Gasteiger partial charge in [0.05, 0.1) is 18.3 Å². The maximum Gasteiger partial charge on any atom is 0.157 e. The number of nitrogens with one attached hydrogen (secondary N) is 11. The lowest BCUT2D eigenvalue weighted by Gasteiger charge is -2.52. The van der Waals surface area contributed by atoms with Gasteiger partial charge in [0, 0.05) is 183 Å². The van der Waals surface area contributed by atoms with Crippen molar-refractivity contribution in [3.8, 4) is 0 Å². The third-order valence-corrected chi connectivity index (χ3v) is 28.0. The lowest BCUT2D eigenvalue weighted by atomic mass is 9.78. The van der Waals surface area contributed by atoms with Crippen molar-refractivity contribution in [1.29, 1.82) is 0 Å². The van der Waals surface area contributed by atoms with E-state index in [2.05, 4.69) is 349 Å². The second-order valence-corrected chi connectivity index (χ2v) is 51.7. The number of unbranched alkanes of at least 4 members (excludes halogenated alkanes) is 3. The Labute approximate surface area is 762 Å². The molecule has 0 aromatic rings. The molecule has 0 aliphatic carbocycles. The molecule has 8 fully saturated rings. The zero-order valence-corrected chi connectivity index (χ0v) is 86.4. The van der Waals surface area contributed by atoms with Crippen molar-refractivity contribution >= 4 is 17.5 Å². The van der Waals surface area contributed by atoms with E-state index in [1.165, 1.54) is 0 Å². The van der Waals surface area contributed by atoms with Crippen LogP contribution in [0.1, 0.15) is 396 Å². The molecule has 11 aliphatic rings. The van der Waals surface area contributed by atoms with Gasteiger partial charge in [0.1, 0.15) is 17.5 Å². The zero-order valence-electron chi connectivity index (χ0n) is 86.4. The van der Waals surface area contributed by atoms with E-state index in [4.69, 9.17) is 29.8 Å². The molecule has 26 heteroatoms. The molecule has 26 nitrogen and oxygen atoms in total. The van der Waals surface area contributed by atoms with Gasteiger partial charge in [-0.25, -0.2) is 30.8 Å². The fourth-order valence-electron chi connectivity index (χ4n) is 26.7. The number of rotatable bonds is 31. The van der Waals surface area contributed by atoms with Crippen LogP contribution in [0.15, 0.2) is 51.0 Å². The molecule has 11 N–H and O–H groups in total. The monoisotopic (exact) mass is 1750 g/mol. The van der Waals surface area contributed by atoms with Crippen molar-refractivity contribution < 1.29 is 14.5 Å². The Morgan fingerprint density at radius 2 is 0.424 bits per heavy atom. The minimum atomic E-state index is -0.174. The topological polar surface area (TPSA) is 226 Å². The quantitative estimate of drug-likeness (QED) is 0.0310. The van der Waals surface area contributed by atoms with Gasteiger partial charge in [-0.1, -0.05) is 55.9 Å². The predicted molar refractivity (Wildman–Crippen MR) is 518 cm³/mol. The van der Waals surface area contributed by atoms with E-state index in [1.54, 1.807) is 0 Å². The average molecular weight is 1750 g/mol. The summed E-state index contributed by atoms with van der Waals surface area (Å²) < 4.78 is 0. The molecule has 0 aromatic heterocycles. The van der Waals surface area contributed by atoms with E-state index in [9.17, 15) is 0 Å². The summed E-state index contributed by atoms with van der Waals surface area (Å²) in [6, 6.07) is 0.983. The fraction of sp³-hybridized carbons (Fsp3) is 0.909. The number of piperidine rings is 8. The van der Waals surface area contributed by atoms with Crippen LogP contribution < -0.4 is 58.8 Å². The minimum absolute atomic E-state index is 0.0819. The molecule has 11 heterocycles. The van der Waals surface area contributed by atoms with E-state index in [0.29, 0.717) is 13.1 Å². The normalized spacial score (nSPS) is 27.5. The van der Waals surface area contributed by atoms with Crippen LogP contribution in [-0.2, 0) is 14.5 Å². The molecule has 11 rings (SSSR count). The van der Waals surface area contributed by atoms with Crippen LogP contribution in [0, 0.1) is 0 Å². The van der Waals surface area contributed by atoms with Gasteiger partial charge >= 0.3 is 0 Å². The largest absolute Gasteiger partial charge is 0.355 e. The zero-order chi connectivity index (χ0) is 92.3. The first kappa shape index (κ1) is 101. The Balaban J connectivity index is 1.07. The van der Waals surface area contributed by atoms with Crippen molar-refractivity contribution in [1.82, 2.24) is 104 Å². The second kappa shape index (κ2) is 37.4. The van der Waals surface area contributed by atoms with Gasteiger partial charge in [0.25, 0.3) is 0 Å². The molecule has 718 valence electrons. The standard InChI is InChI=1S/C99H189N23O3/c1-36-39-46-115(70-54-84(4,5)106-85(6,7)55-70)79-51-78(100-120(101-79)123-75-64-94(24,25)111-95(26,27)65-75)114(44-42-49-118(73-60-90(16,17)109-91(18,19)61-73)82-52-80(102-121(104-82)124-76-66-96(28,29)112-97(30,31)67-76)116(47-40-37-2)71-56-86(8,9)107-87(10,11)57-71)45-43-50-119(74-62-92(20,21)110-93(22,23)63-74)83-53-81(103-122(105-83)125-77-68-98(32,33)113-99(34,35)69-77)117(48-41-38-3)72-58-88(12,13)108-89(14,15)59-72/h51-53,70-77,101-103,106-113H,36-50,54-69H2,1-35H3. The molecule has 11 aliphatic heterocycles. The van der Waals surface area contributed by atoms with Crippen LogP contribution in [-0.4, -0.2) is 246 Å². The summed E-state index contributed by atoms with van der Waals surface area (Å²) >= 11 is 0. The lowest BCUT2D eigenvalue weighted by Crippen LogP contribution is -2.64. The Hall–Kier alpha value is -4.61. The van der Waals surface area contributed by atoms with E-state index in [0.717, 1.165) is 222 Å². The van der Waals surface area contributed by atoms with Crippen LogP contribution in [0.4, 0.5) is 0 Å². The van der Waals surface area contributed by atoms with Gasteiger partial charge in [-0.2, -0.15) is 0 Å². The van der Waals surface area contributed by atoms with Crippen LogP contribution in [0.25, 0.3) is 0 Å². The molecule has 0 radical (unpaired) electrons. The first-order valence-corrected chi connectivity index (χ1v) is 49.8. The maximum absolute atomic E-state index is 7.48. The summed E-state index contributed by atoms with van der Waals surface area (Å²) in [4.78, 5) is 38.5. The minimum Gasteiger partial charge on any atom is -0.355 e. The van der Waals surface area contributed by atoms with Gasteiger partial charge in [0.2, 0.25) is 0 Å². The molecule has 0 amide bonds. The van der Waals surface area contributed by atoms with E-state index >= 15 is 0 Å². The average Bonchev–Trinajstić information content (AvgIpc) is 0.760. The molecule has 0 unspecified atom stereocenters. The Morgan fingerprint density at radius 3 is 0.632 bits per heavy atom. The highest BCUT2D eigenvalue weighted by Crippen LogP contribution is 2.43. The predicted octanol–water partition coefficient (Wildman–Crippen LogP) is 16.2. The number of hydrazone groups is 3. The first-order valence-electron chi connectivity index (χ1n) is 49.8. The second-order valence-electron chi connectivity index (χ2n) is 51.7. The Morgan fingerprint density at radius 1 is 0.248 bits per heavy atom. The number of hydrogen-bond donors (Lipinski definition) is 11. The smallest absolute Gasteiger partial charge is 0.157 e. The SMILES string of the molecule is CCCCN(C1=CC(N(CCCN(C2=NN(OC3CC(C)(C)NC(C)(C)C3)NC(N(CCCC)C3CC(C)(C)NC(C)(C)C3)=C2)C2CC(C)(C)NC(C)(C)C2)CCCN(C2=NN(OC3CC(C)(C)NC(C)(C)C3)NC(N(CCCC)C3CC(C)(C)NC(C)(C)C3)=C2)C2CC(C)(C)NC(C)(C)C2)=NN(OC2CC(C)(C)NC(C)(C)C2)N1)C1CC(C)(C)NC(C)(C)C1. The van der Waals surface area contributed by atoms with Crippen molar-refractivity contribution in [3.05, 3.63) is 35.7 Å². The summed E-state index contributed by atoms with van der Waals surface area (Å²) in [6.45, 7) is 88.4. The molecule has 0 aromatic carbocycles. The molecular formula is C99H189N23O3. The highest BCUT2D eigenvalue weighted by molar-refractivity contribution is 5.95. The lowest BCUT2D eigenvalue weighted by molar-refractivity contribution is -0.245. The van der Waals surface area contributed by atoms with Crippen molar-refractivity contribution in [2.75, 3.05) is 45.8 Å². The fourth-order valence-corrected chi connectivity index (χ4v) is 26.7. The van der Waals surface area contributed by atoms with Crippen LogP contribution in [0.2, 0.25) is 0 Å². The highest BCUT2D eigenvalue weighted by Gasteiger charge is 2.51. The van der Waals surface area contributed by atoms with Gasteiger partial charge in [-0.15, -0.1) is 15.3 Å². The van der Waals surface area contributed by atoms with E-state index in [-0.39, 0.29) is 137 Å². The summed E-state index contributed by atoms with van der Waals surface area (Å²) in [5.41, 5.74) is 9.66. The van der Waals surface area contributed by atoms with E-state index in [1.807, 2.05) is 15.8 Å². The molecule has 0 atom stereocenters. The molecule has 8 saturated heterocycles. The van der Waals surface area contributed by atoms with E-state index < -0.39 is 0 Å². The van der Waals surface area contributed by atoms with Gasteiger partial charge in [-0.3, -0.25) is 0 Å². The van der Waals surface area contributed by atoms with Crippen LogP contribution >= 0.6 is 0 Å². The van der Waals surface area contributed by atoms with Gasteiger partial charge in [-0.05, 0) is 356 Å². The number of hydrazine groups is 3. The summed E-state index contributed by atoms with van der Waals surface area (Å²) in [5.74, 6) is 5.90. The Kier molecular flexibility index (Phi) is 30.2. The summed E-state index contributed by atoms with van der Waals surface area (Å²) in [7, 11) is 0. The third kappa shape index (κ3) is 28.7. The van der Waals surface area contributed by atoms with Crippen molar-refractivity contribution in [2.45, 2.75) is 534 Å². The summed E-state index contributed by atoms with van der Waals surface area (Å²) in [6.07, 6.45) is 29.6. The van der Waals surface area contributed by atoms with Crippen LogP contribution in [0.3, 0.4) is 0 Å². The van der Waals surface area contributed by atoms with Crippen molar-refractivity contribution in [3.63, 3.8) is 0 Å². The number of amidine groups is 3. The molecule has 0 saturated carbocycles. The van der Waals surface area contributed by atoms with Crippen molar-refractivity contribution in [2.24, 2.45) is 15.3 Å². The Bertz CT molecular complexity index is 3500. The molecule has 0 bridgehead atoms. The molecule has 125 heavy (non-hydrogen) atoms. The summed E-state index contributed by atoms with van der Waals surface area (Å²) in [5, 5.41) is 55.1. The third-order valence-electron chi connectivity index (χ3n) is 28.0. The highest BCUT2D eigenvalue weighted by atomic mass is 16.8. The maximum atomic E-state index is 7.48. The molecule has 0 spiro atoms. The number of nitrogens with zero attached hydrogens (tertiary/aromatic N) is 12. The number of hydrogen-bond acceptors (Lipinski definition) is 26. The first-order chi connectivity index (χ1) is 57.3. The van der Waals surface area contributed by atoms with Gasteiger partial charge < -0.3 is 71.9 Å². The van der Waals surface area contributed by atoms with Gasteiger partial charge in [0.15, 0.2) is 17.5 Å². The molecular weight excluding hydrogens is 1560 g/mol.